The number of nitrogens with zero attached hydrogens (tertiary/aromatic N) is 6. The lowest BCUT2D eigenvalue weighted by atomic mass is 9.84. The lowest BCUT2D eigenvalue weighted by Crippen LogP contribution is -2.48. The predicted molar refractivity (Wildman–Crippen MR) is 126 cm³/mol. The van der Waals surface area contributed by atoms with Crippen LogP contribution in [-0.2, 0) is 4.79 Å². The van der Waals surface area contributed by atoms with Crippen LogP contribution in [0.3, 0.4) is 0 Å². The lowest BCUT2D eigenvalue weighted by Gasteiger charge is -2.33. The summed E-state index contributed by atoms with van der Waals surface area (Å²) < 4.78 is 1.84. The van der Waals surface area contributed by atoms with E-state index < -0.39 is 0 Å². The molecule has 3 aromatic rings. The summed E-state index contributed by atoms with van der Waals surface area (Å²) in [7, 11) is 0. The Labute approximate surface area is 188 Å². The summed E-state index contributed by atoms with van der Waals surface area (Å²) in [4.78, 5) is 25.2. The molecule has 1 aromatic carbocycles. The molecule has 7 heteroatoms. The zero-order chi connectivity index (χ0) is 21.9. The van der Waals surface area contributed by atoms with Crippen LogP contribution in [-0.4, -0.2) is 56.6 Å². The van der Waals surface area contributed by atoms with Crippen molar-refractivity contribution in [2.75, 3.05) is 31.1 Å². The second-order valence-corrected chi connectivity index (χ2v) is 8.72. The average molecular weight is 431 g/mol. The van der Waals surface area contributed by atoms with Gasteiger partial charge in [0.2, 0.25) is 11.9 Å². The minimum Gasteiger partial charge on any atom is -0.336 e. The first-order valence-electron chi connectivity index (χ1n) is 11.7. The van der Waals surface area contributed by atoms with E-state index in [0.29, 0.717) is 43.8 Å². The zero-order valence-electron chi connectivity index (χ0n) is 18.7. The summed E-state index contributed by atoms with van der Waals surface area (Å²) in [6.07, 6.45) is 11.9. The smallest absolute Gasteiger partial charge is 0.254 e. The molecule has 0 bridgehead atoms. The number of benzene rings is 1. The number of piperazine rings is 1. The monoisotopic (exact) mass is 430 g/mol. The van der Waals surface area contributed by atoms with E-state index in [0.717, 1.165) is 11.3 Å². The fraction of sp³-hybridized carbons (Fsp3) is 0.440. The number of rotatable bonds is 4. The maximum atomic E-state index is 12.1. The van der Waals surface area contributed by atoms with E-state index in [4.69, 9.17) is 5.10 Å². The Bertz CT molecular complexity index is 1110. The molecular formula is C25H30N6O. The Balaban J connectivity index is 1.35. The molecule has 7 nitrogen and oxygen atoms in total. The number of fused-ring (bicyclic) bond motifs is 1. The molecule has 1 saturated heterocycles. The van der Waals surface area contributed by atoms with E-state index in [-0.39, 0.29) is 5.91 Å². The summed E-state index contributed by atoms with van der Waals surface area (Å²) in [6.45, 7) is 4.63. The maximum absolute atomic E-state index is 12.1. The quantitative estimate of drug-likeness (QED) is 0.584. The van der Waals surface area contributed by atoms with Gasteiger partial charge in [-0.25, -0.2) is 4.98 Å². The van der Waals surface area contributed by atoms with Gasteiger partial charge in [-0.3, -0.25) is 4.79 Å². The fourth-order valence-electron chi connectivity index (χ4n) is 4.87. The van der Waals surface area contributed by atoms with Crippen LogP contribution in [0.15, 0.2) is 48.7 Å². The Hall–Kier alpha value is -3.22. The van der Waals surface area contributed by atoms with Crippen LogP contribution in [0.25, 0.3) is 17.0 Å². The van der Waals surface area contributed by atoms with Gasteiger partial charge in [0.05, 0.1) is 5.69 Å². The van der Waals surface area contributed by atoms with Crippen molar-refractivity contribution in [2.45, 2.75) is 44.9 Å². The molecule has 1 aliphatic heterocycles. The predicted octanol–water partition coefficient (Wildman–Crippen LogP) is 4.06. The average Bonchev–Trinajstić information content (AvgIpc) is 3.30. The number of anilines is 1. The molecule has 0 unspecified atom stereocenters. The summed E-state index contributed by atoms with van der Waals surface area (Å²) in [5.41, 5.74) is 3.56. The van der Waals surface area contributed by atoms with Crippen LogP contribution in [0.1, 0.15) is 50.5 Å². The zero-order valence-corrected chi connectivity index (χ0v) is 18.7. The third-order valence-electron chi connectivity index (χ3n) is 6.70. The van der Waals surface area contributed by atoms with E-state index in [9.17, 15) is 4.79 Å². The third kappa shape index (κ3) is 4.11. The van der Waals surface area contributed by atoms with Crippen molar-refractivity contribution in [3.63, 3.8) is 0 Å². The van der Waals surface area contributed by atoms with E-state index in [1.54, 1.807) is 18.3 Å². The number of hydrogen-bond acceptors (Lipinski definition) is 5. The topological polar surface area (TPSA) is 66.6 Å². The molecule has 0 N–H and O–H groups in total. The summed E-state index contributed by atoms with van der Waals surface area (Å²) >= 11 is 0. The number of carbonyl (C=O) groups is 1. The van der Waals surface area contributed by atoms with Gasteiger partial charge in [0.25, 0.3) is 5.78 Å². The standard InChI is InChI=1S/C25H30N6O/c1-2-6-23(32)29-15-17-30(18-16-29)25-27-24-26-14-13-22(31(24)28-25)21-11-9-20(10-12-21)19-7-4-3-5-8-19/h2,6,9-14,19H,3-5,7-8,15-18H2,1H3/b6-2+. The molecule has 2 aromatic heterocycles. The maximum Gasteiger partial charge on any atom is 0.254 e. The Morgan fingerprint density at radius 1 is 1.00 bits per heavy atom. The van der Waals surface area contributed by atoms with Crippen molar-refractivity contribution >= 4 is 17.6 Å². The number of allylic oxidation sites excluding steroid dienone is 1. The second-order valence-electron chi connectivity index (χ2n) is 8.72. The highest BCUT2D eigenvalue weighted by Gasteiger charge is 2.23. The molecule has 0 spiro atoms. The van der Waals surface area contributed by atoms with E-state index in [2.05, 4.69) is 39.1 Å². The molecular weight excluding hydrogens is 400 g/mol. The molecule has 0 radical (unpaired) electrons. The molecule has 1 aliphatic carbocycles. The molecule has 1 amide bonds. The van der Waals surface area contributed by atoms with Crippen molar-refractivity contribution in [1.29, 1.82) is 0 Å². The van der Waals surface area contributed by atoms with Crippen molar-refractivity contribution in [1.82, 2.24) is 24.5 Å². The highest BCUT2D eigenvalue weighted by atomic mass is 16.2. The minimum absolute atomic E-state index is 0.0655. The number of hydrogen-bond donors (Lipinski definition) is 0. The molecule has 166 valence electrons. The Morgan fingerprint density at radius 2 is 1.75 bits per heavy atom. The van der Waals surface area contributed by atoms with Gasteiger partial charge in [0.1, 0.15) is 0 Å². The first-order chi connectivity index (χ1) is 15.7. The molecule has 5 rings (SSSR count). The largest absolute Gasteiger partial charge is 0.336 e. The molecule has 32 heavy (non-hydrogen) atoms. The highest BCUT2D eigenvalue weighted by molar-refractivity contribution is 5.87. The van der Waals surface area contributed by atoms with E-state index in [1.165, 1.54) is 37.7 Å². The van der Waals surface area contributed by atoms with Gasteiger partial charge in [0.15, 0.2) is 0 Å². The fourth-order valence-corrected chi connectivity index (χ4v) is 4.87. The van der Waals surface area contributed by atoms with Gasteiger partial charge < -0.3 is 9.80 Å². The lowest BCUT2D eigenvalue weighted by molar-refractivity contribution is -0.126. The van der Waals surface area contributed by atoms with Crippen LogP contribution < -0.4 is 4.90 Å². The third-order valence-corrected chi connectivity index (χ3v) is 6.70. The SMILES string of the molecule is C/C=C/C(=O)N1CCN(c2nc3nccc(-c4ccc(C5CCCCC5)cc4)n3n2)CC1. The van der Waals surface area contributed by atoms with Crippen LogP contribution in [0.5, 0.6) is 0 Å². The molecule has 0 atom stereocenters. The van der Waals surface area contributed by atoms with Crippen molar-refractivity contribution in [2.24, 2.45) is 0 Å². The van der Waals surface area contributed by atoms with Crippen LogP contribution in [0.2, 0.25) is 0 Å². The van der Waals surface area contributed by atoms with E-state index >= 15 is 0 Å². The first kappa shape index (κ1) is 20.7. The first-order valence-corrected chi connectivity index (χ1v) is 11.7. The van der Waals surface area contributed by atoms with Crippen LogP contribution in [0, 0.1) is 0 Å². The molecule has 2 aliphatic rings. The Morgan fingerprint density at radius 3 is 2.47 bits per heavy atom. The van der Waals surface area contributed by atoms with Crippen molar-refractivity contribution < 1.29 is 4.79 Å². The van der Waals surface area contributed by atoms with Crippen LogP contribution >= 0.6 is 0 Å². The van der Waals surface area contributed by atoms with Crippen molar-refractivity contribution in [3.05, 3.63) is 54.2 Å². The second kappa shape index (κ2) is 9.10. The molecule has 3 heterocycles. The van der Waals surface area contributed by atoms with Gasteiger partial charge in [-0.1, -0.05) is 49.6 Å². The van der Waals surface area contributed by atoms with Gasteiger partial charge in [-0.2, -0.15) is 9.50 Å². The summed E-state index contributed by atoms with van der Waals surface area (Å²) in [5.74, 6) is 2.03. The van der Waals surface area contributed by atoms with Crippen molar-refractivity contribution in [3.8, 4) is 11.3 Å². The molecule has 2 fully saturated rings. The number of aromatic nitrogens is 4. The summed E-state index contributed by atoms with van der Waals surface area (Å²) in [5, 5.41) is 4.78. The minimum atomic E-state index is 0.0655. The van der Waals surface area contributed by atoms with Crippen LogP contribution in [0.4, 0.5) is 5.95 Å². The molecule has 1 saturated carbocycles. The van der Waals surface area contributed by atoms with Gasteiger partial charge in [-0.15, -0.1) is 5.10 Å². The van der Waals surface area contributed by atoms with Gasteiger partial charge >= 0.3 is 0 Å². The number of amides is 1. The van der Waals surface area contributed by atoms with E-state index in [1.807, 2.05) is 22.4 Å². The normalized spacial score (nSPS) is 18.0. The highest BCUT2D eigenvalue weighted by Crippen LogP contribution is 2.33. The van der Waals surface area contributed by atoms with Gasteiger partial charge in [0, 0.05) is 37.9 Å². The van der Waals surface area contributed by atoms with Gasteiger partial charge in [-0.05, 0) is 43.4 Å². The Kier molecular flexibility index (Phi) is 5.88. The number of carbonyl (C=O) groups excluding carboxylic acids is 1. The summed E-state index contributed by atoms with van der Waals surface area (Å²) in [6, 6.07) is 10.9.